The number of hydrogen-bond donors (Lipinski definition) is 2. The molecule has 9 heteroatoms. The number of nitrogens with one attached hydrogen (secondary N) is 2. The number of esters is 1. The van der Waals surface area contributed by atoms with Crippen LogP contribution in [0.25, 0.3) is 0 Å². The largest absolute Gasteiger partial charge is 0.467 e. The third-order valence-corrected chi connectivity index (χ3v) is 11.1. The zero-order valence-corrected chi connectivity index (χ0v) is 23.7. The van der Waals surface area contributed by atoms with Crippen LogP contribution in [0, 0.1) is 0 Å². The van der Waals surface area contributed by atoms with E-state index >= 15 is 0 Å². The van der Waals surface area contributed by atoms with Crippen molar-refractivity contribution in [3.05, 3.63) is 71.8 Å². The summed E-state index contributed by atoms with van der Waals surface area (Å²) in [4.78, 5) is 38.3. The SMILES string of the molecule is COC(=O)[C@@H](CCO[Si](C)(C)C(C)(C)C)NC(=O)[C@H](Cc1ccccc1)NC(=O)OCc1ccccc1. The van der Waals surface area contributed by atoms with E-state index in [2.05, 4.69) is 44.5 Å². The molecule has 0 bridgehead atoms. The Morgan fingerprint density at radius 2 is 1.43 bits per heavy atom. The molecule has 0 spiro atoms. The summed E-state index contributed by atoms with van der Waals surface area (Å²) in [7, 11) is -0.752. The van der Waals surface area contributed by atoms with E-state index in [1.54, 1.807) is 0 Å². The molecule has 0 aromatic heterocycles. The number of hydrogen-bond acceptors (Lipinski definition) is 6. The van der Waals surface area contributed by atoms with Gasteiger partial charge in [0.05, 0.1) is 7.11 Å². The third kappa shape index (κ3) is 10.0. The number of rotatable bonds is 12. The lowest BCUT2D eigenvalue weighted by Crippen LogP contribution is -2.53. The van der Waals surface area contributed by atoms with Crippen LogP contribution in [0.3, 0.4) is 0 Å². The van der Waals surface area contributed by atoms with Crippen LogP contribution < -0.4 is 10.6 Å². The van der Waals surface area contributed by atoms with Crippen molar-refractivity contribution in [1.82, 2.24) is 10.6 Å². The molecule has 0 saturated carbocycles. The van der Waals surface area contributed by atoms with Crippen LogP contribution >= 0.6 is 0 Å². The van der Waals surface area contributed by atoms with E-state index < -0.39 is 38.4 Å². The normalized spacial score (nSPS) is 13.2. The lowest BCUT2D eigenvalue weighted by Gasteiger charge is -2.36. The maximum Gasteiger partial charge on any atom is 0.408 e. The highest BCUT2D eigenvalue weighted by Gasteiger charge is 2.37. The Bertz CT molecular complexity index is 1010. The summed E-state index contributed by atoms with van der Waals surface area (Å²) in [6.07, 6.45) is -0.251. The zero-order valence-electron chi connectivity index (χ0n) is 22.7. The molecule has 0 fully saturated rings. The Kier molecular flexibility index (Phi) is 11.3. The highest BCUT2D eigenvalue weighted by Crippen LogP contribution is 2.36. The van der Waals surface area contributed by atoms with Gasteiger partial charge in [-0.05, 0) is 29.3 Å². The first-order chi connectivity index (χ1) is 17.4. The highest BCUT2D eigenvalue weighted by molar-refractivity contribution is 6.74. The number of benzene rings is 2. The summed E-state index contributed by atoms with van der Waals surface area (Å²) in [6, 6.07) is 16.7. The second-order valence-electron chi connectivity index (χ2n) is 10.4. The van der Waals surface area contributed by atoms with Crippen molar-refractivity contribution in [3.63, 3.8) is 0 Å². The van der Waals surface area contributed by atoms with E-state index in [1.165, 1.54) is 7.11 Å². The van der Waals surface area contributed by atoms with E-state index in [4.69, 9.17) is 13.9 Å². The van der Waals surface area contributed by atoms with Gasteiger partial charge in [0, 0.05) is 19.4 Å². The number of ether oxygens (including phenoxy) is 2. The summed E-state index contributed by atoms with van der Waals surface area (Å²) in [5.74, 6) is -1.08. The number of alkyl carbamates (subject to hydrolysis) is 1. The van der Waals surface area contributed by atoms with E-state index in [1.807, 2.05) is 60.7 Å². The second-order valence-corrected chi connectivity index (χ2v) is 15.2. The molecule has 0 radical (unpaired) electrons. The lowest BCUT2D eigenvalue weighted by atomic mass is 10.0. The van der Waals surface area contributed by atoms with Gasteiger partial charge in [-0.25, -0.2) is 9.59 Å². The predicted molar refractivity (Wildman–Crippen MR) is 145 cm³/mol. The average molecular weight is 529 g/mol. The van der Waals surface area contributed by atoms with Crippen LogP contribution in [0.2, 0.25) is 18.1 Å². The molecule has 2 aromatic rings. The summed E-state index contributed by atoms with van der Waals surface area (Å²) in [6.45, 7) is 11.0. The van der Waals surface area contributed by atoms with Crippen molar-refractivity contribution in [2.24, 2.45) is 0 Å². The van der Waals surface area contributed by atoms with Crippen LogP contribution in [0.1, 0.15) is 38.3 Å². The first kappa shape index (κ1) is 30.1. The van der Waals surface area contributed by atoms with Crippen LogP contribution in [-0.4, -0.2) is 52.1 Å². The molecule has 37 heavy (non-hydrogen) atoms. The molecular weight excluding hydrogens is 488 g/mol. The van der Waals surface area contributed by atoms with Gasteiger partial charge in [-0.3, -0.25) is 4.79 Å². The minimum atomic E-state index is -2.03. The van der Waals surface area contributed by atoms with Crippen LogP contribution in [0.15, 0.2) is 60.7 Å². The standard InChI is InChI=1S/C28H40N2O6Si/c1-28(2,3)37(5,6)36-18-17-23(26(32)34-4)29-25(31)24(19-21-13-9-7-10-14-21)30-27(33)35-20-22-15-11-8-12-16-22/h7-16,23-24H,17-20H2,1-6H3,(H,29,31)(H,30,33)/t23-,24+/m1/s1. The summed E-state index contributed by atoms with van der Waals surface area (Å²) >= 11 is 0. The molecule has 2 atom stereocenters. The molecule has 2 aromatic carbocycles. The third-order valence-electron chi connectivity index (χ3n) is 6.58. The fourth-order valence-electron chi connectivity index (χ4n) is 3.28. The molecule has 0 aliphatic rings. The van der Waals surface area contributed by atoms with Gasteiger partial charge >= 0.3 is 12.1 Å². The van der Waals surface area contributed by atoms with Crippen LogP contribution in [0.5, 0.6) is 0 Å². The van der Waals surface area contributed by atoms with Gasteiger partial charge in [0.25, 0.3) is 0 Å². The average Bonchev–Trinajstić information content (AvgIpc) is 2.86. The molecule has 0 aliphatic carbocycles. The molecule has 0 aliphatic heterocycles. The fraction of sp³-hybridized carbons (Fsp3) is 0.464. The molecule has 2 amide bonds. The molecule has 8 nitrogen and oxygen atoms in total. The van der Waals surface area contributed by atoms with Gasteiger partial charge in [0.2, 0.25) is 5.91 Å². The van der Waals surface area contributed by atoms with Crippen LogP contribution in [-0.2, 0) is 36.5 Å². The Morgan fingerprint density at radius 1 is 0.865 bits per heavy atom. The maximum absolute atomic E-state index is 13.3. The molecular formula is C28H40N2O6Si. The number of methoxy groups -OCH3 is 1. The van der Waals surface area contributed by atoms with Crippen molar-refractivity contribution in [2.45, 2.75) is 70.4 Å². The molecule has 0 unspecified atom stereocenters. The molecule has 2 N–H and O–H groups in total. The van der Waals surface area contributed by atoms with Crippen LogP contribution in [0.4, 0.5) is 4.79 Å². The van der Waals surface area contributed by atoms with Gasteiger partial charge in [-0.15, -0.1) is 0 Å². The summed E-state index contributed by atoms with van der Waals surface area (Å²) < 4.78 is 16.4. The molecule has 2 rings (SSSR count). The van der Waals surface area contributed by atoms with Gasteiger partial charge in [-0.2, -0.15) is 0 Å². The van der Waals surface area contributed by atoms with Crippen molar-refractivity contribution >= 4 is 26.3 Å². The van der Waals surface area contributed by atoms with Crippen molar-refractivity contribution < 1.29 is 28.3 Å². The second kappa shape index (κ2) is 13.9. The van der Waals surface area contributed by atoms with Gasteiger partial charge < -0.3 is 24.5 Å². The predicted octanol–water partition coefficient (Wildman–Crippen LogP) is 4.59. The quantitative estimate of drug-likeness (QED) is 0.308. The fourth-order valence-corrected chi connectivity index (χ4v) is 4.34. The number of carbonyl (C=O) groups is 3. The topological polar surface area (TPSA) is 103 Å². The minimum Gasteiger partial charge on any atom is -0.467 e. The number of carbonyl (C=O) groups excluding carboxylic acids is 3. The van der Waals surface area contributed by atoms with Gasteiger partial charge in [0.15, 0.2) is 8.32 Å². The summed E-state index contributed by atoms with van der Waals surface area (Å²) in [5.41, 5.74) is 1.68. The van der Waals surface area contributed by atoms with E-state index in [-0.39, 0.29) is 24.5 Å². The minimum absolute atomic E-state index is 0.0157. The van der Waals surface area contributed by atoms with Crippen molar-refractivity contribution in [3.8, 4) is 0 Å². The van der Waals surface area contributed by atoms with Crippen molar-refractivity contribution in [1.29, 1.82) is 0 Å². The first-order valence-corrected chi connectivity index (χ1v) is 15.4. The van der Waals surface area contributed by atoms with E-state index in [0.29, 0.717) is 6.61 Å². The highest BCUT2D eigenvalue weighted by atomic mass is 28.4. The smallest absolute Gasteiger partial charge is 0.408 e. The molecule has 0 saturated heterocycles. The Balaban J connectivity index is 2.08. The molecule has 0 heterocycles. The Morgan fingerprint density at radius 3 is 1.97 bits per heavy atom. The maximum atomic E-state index is 13.3. The number of amides is 2. The molecule has 202 valence electrons. The summed E-state index contributed by atoms with van der Waals surface area (Å²) in [5, 5.41) is 5.41. The van der Waals surface area contributed by atoms with Gasteiger partial charge in [-0.1, -0.05) is 81.4 Å². The Hall–Kier alpha value is -3.17. The van der Waals surface area contributed by atoms with E-state index in [0.717, 1.165) is 11.1 Å². The first-order valence-electron chi connectivity index (χ1n) is 12.5. The van der Waals surface area contributed by atoms with Gasteiger partial charge in [0.1, 0.15) is 18.7 Å². The van der Waals surface area contributed by atoms with E-state index in [9.17, 15) is 14.4 Å². The Labute approximate surface area is 221 Å². The monoisotopic (exact) mass is 528 g/mol. The lowest BCUT2D eigenvalue weighted by molar-refractivity contribution is -0.145. The zero-order chi connectivity index (χ0) is 27.5. The van der Waals surface area contributed by atoms with Crippen molar-refractivity contribution in [2.75, 3.05) is 13.7 Å².